The average molecular weight is 272 g/mol. The van der Waals surface area contributed by atoms with Crippen molar-refractivity contribution in [3.05, 3.63) is 41.7 Å². The van der Waals surface area contributed by atoms with Gasteiger partial charge in [-0.05, 0) is 25.0 Å². The maximum Gasteiger partial charge on any atom is 0.130 e. The van der Waals surface area contributed by atoms with Gasteiger partial charge in [-0.3, -0.25) is 0 Å². The molecule has 0 unspecified atom stereocenters. The first kappa shape index (κ1) is 14.0. The molecule has 2 rings (SSSR count). The quantitative estimate of drug-likeness (QED) is 0.768. The Hall–Kier alpha value is -2.39. The first-order chi connectivity index (χ1) is 9.85. The lowest BCUT2D eigenvalue weighted by atomic mass is 10.2. The molecule has 0 aliphatic rings. The number of aliphatic hydroxyl groups is 1. The second-order valence-electron chi connectivity index (χ2n) is 4.22. The molecule has 0 saturated heterocycles. The van der Waals surface area contributed by atoms with E-state index in [1.54, 1.807) is 0 Å². The molecule has 0 atom stereocenters. The molecule has 0 radical (unpaired) electrons. The van der Waals surface area contributed by atoms with Crippen molar-refractivity contribution in [1.82, 2.24) is 15.0 Å². The zero-order chi connectivity index (χ0) is 14.2. The van der Waals surface area contributed by atoms with E-state index in [2.05, 4.69) is 10.3 Å². The summed E-state index contributed by atoms with van der Waals surface area (Å²) >= 11 is 0. The molecule has 0 saturated carbocycles. The molecule has 6 nitrogen and oxygen atoms in total. The SMILES string of the molecule is N#CCn1nnc(CO)c1CCCOc1ccccc1. The van der Waals surface area contributed by atoms with E-state index in [1.807, 2.05) is 36.4 Å². The Morgan fingerprint density at radius 3 is 2.80 bits per heavy atom. The monoisotopic (exact) mass is 272 g/mol. The van der Waals surface area contributed by atoms with Crippen molar-refractivity contribution in [3.8, 4) is 11.8 Å². The molecule has 2 aromatic rings. The van der Waals surface area contributed by atoms with E-state index in [9.17, 15) is 5.11 Å². The fourth-order valence-corrected chi connectivity index (χ4v) is 1.91. The molecule has 0 aliphatic heterocycles. The van der Waals surface area contributed by atoms with Crippen molar-refractivity contribution in [3.63, 3.8) is 0 Å². The second kappa shape index (κ2) is 7.26. The maximum atomic E-state index is 9.20. The van der Waals surface area contributed by atoms with Gasteiger partial charge in [-0.2, -0.15) is 5.26 Å². The smallest absolute Gasteiger partial charge is 0.130 e. The van der Waals surface area contributed by atoms with Gasteiger partial charge in [0.05, 0.1) is 25.0 Å². The molecule has 0 amide bonds. The zero-order valence-electron chi connectivity index (χ0n) is 11.1. The lowest BCUT2D eigenvalue weighted by Gasteiger charge is -2.07. The Morgan fingerprint density at radius 2 is 2.10 bits per heavy atom. The molecule has 0 bridgehead atoms. The molecule has 1 N–H and O–H groups in total. The van der Waals surface area contributed by atoms with E-state index in [0.29, 0.717) is 18.7 Å². The fourth-order valence-electron chi connectivity index (χ4n) is 1.91. The Balaban J connectivity index is 1.87. The number of hydrogen-bond acceptors (Lipinski definition) is 5. The van der Waals surface area contributed by atoms with Gasteiger partial charge >= 0.3 is 0 Å². The number of rotatable bonds is 7. The summed E-state index contributed by atoms with van der Waals surface area (Å²) in [7, 11) is 0. The van der Waals surface area contributed by atoms with Crippen molar-refractivity contribution in [2.45, 2.75) is 26.0 Å². The largest absolute Gasteiger partial charge is 0.494 e. The number of hydrogen-bond donors (Lipinski definition) is 1. The van der Waals surface area contributed by atoms with Crippen molar-refractivity contribution < 1.29 is 9.84 Å². The van der Waals surface area contributed by atoms with Crippen LogP contribution in [0, 0.1) is 11.3 Å². The molecule has 0 aliphatic carbocycles. The van der Waals surface area contributed by atoms with Crippen molar-refractivity contribution in [2.24, 2.45) is 0 Å². The van der Waals surface area contributed by atoms with Crippen LogP contribution in [0.15, 0.2) is 30.3 Å². The summed E-state index contributed by atoms with van der Waals surface area (Å²) in [5.74, 6) is 0.832. The van der Waals surface area contributed by atoms with Crippen LogP contribution in [0.3, 0.4) is 0 Å². The Kier molecular flexibility index (Phi) is 5.09. The molecule has 104 valence electrons. The molecule has 0 spiro atoms. The zero-order valence-corrected chi connectivity index (χ0v) is 11.1. The van der Waals surface area contributed by atoms with Crippen LogP contribution in [0.4, 0.5) is 0 Å². The number of aliphatic hydroxyl groups excluding tert-OH is 1. The van der Waals surface area contributed by atoms with E-state index < -0.39 is 0 Å². The number of nitrogens with zero attached hydrogens (tertiary/aromatic N) is 4. The van der Waals surface area contributed by atoms with Crippen LogP contribution in [0.2, 0.25) is 0 Å². The van der Waals surface area contributed by atoms with Gasteiger partial charge < -0.3 is 9.84 Å². The van der Waals surface area contributed by atoms with E-state index >= 15 is 0 Å². The molecule has 1 heterocycles. The maximum absolute atomic E-state index is 9.20. The van der Waals surface area contributed by atoms with Crippen LogP contribution in [0.25, 0.3) is 0 Å². The number of aromatic nitrogens is 3. The predicted octanol–water partition coefficient (Wildman–Crippen LogP) is 1.31. The Bertz CT molecular complexity index is 575. The van der Waals surface area contributed by atoms with Crippen LogP contribution in [0.1, 0.15) is 17.8 Å². The van der Waals surface area contributed by atoms with Gasteiger partial charge in [-0.15, -0.1) is 5.10 Å². The van der Waals surface area contributed by atoms with Gasteiger partial charge in [0.25, 0.3) is 0 Å². The molecule has 1 aromatic heterocycles. The molecule has 1 aromatic carbocycles. The van der Waals surface area contributed by atoms with E-state index in [1.165, 1.54) is 4.68 Å². The van der Waals surface area contributed by atoms with E-state index in [4.69, 9.17) is 10.00 Å². The van der Waals surface area contributed by atoms with Crippen LogP contribution < -0.4 is 4.74 Å². The van der Waals surface area contributed by atoms with Gasteiger partial charge in [0.15, 0.2) is 0 Å². The third-order valence-corrected chi connectivity index (χ3v) is 2.86. The number of benzene rings is 1. The Morgan fingerprint density at radius 1 is 1.30 bits per heavy atom. The number of para-hydroxylation sites is 1. The summed E-state index contributed by atoms with van der Waals surface area (Å²) in [5.41, 5.74) is 1.32. The molecule has 0 fully saturated rings. The van der Waals surface area contributed by atoms with E-state index in [0.717, 1.165) is 17.9 Å². The average Bonchev–Trinajstić information content (AvgIpc) is 2.87. The van der Waals surface area contributed by atoms with Gasteiger partial charge in [-0.25, -0.2) is 4.68 Å². The highest BCUT2D eigenvalue weighted by molar-refractivity contribution is 5.20. The summed E-state index contributed by atoms with van der Waals surface area (Å²) in [4.78, 5) is 0. The summed E-state index contributed by atoms with van der Waals surface area (Å²) in [6.45, 7) is 0.537. The van der Waals surface area contributed by atoms with Crippen molar-refractivity contribution in [1.29, 1.82) is 5.26 Å². The predicted molar refractivity (Wildman–Crippen MR) is 71.8 cm³/mol. The third-order valence-electron chi connectivity index (χ3n) is 2.86. The van der Waals surface area contributed by atoms with Crippen molar-refractivity contribution in [2.75, 3.05) is 6.61 Å². The summed E-state index contributed by atoms with van der Waals surface area (Å²) < 4.78 is 7.12. The molecular weight excluding hydrogens is 256 g/mol. The second-order valence-corrected chi connectivity index (χ2v) is 4.22. The molecule has 20 heavy (non-hydrogen) atoms. The number of ether oxygens (including phenoxy) is 1. The summed E-state index contributed by atoms with van der Waals surface area (Å²) in [5, 5.41) is 25.6. The Labute approximate surface area is 117 Å². The first-order valence-corrected chi connectivity index (χ1v) is 6.42. The van der Waals surface area contributed by atoms with E-state index in [-0.39, 0.29) is 13.2 Å². The lowest BCUT2D eigenvalue weighted by molar-refractivity contribution is 0.274. The molecule has 6 heteroatoms. The minimum atomic E-state index is -0.166. The van der Waals surface area contributed by atoms with Gasteiger partial charge in [0.1, 0.15) is 18.0 Å². The minimum absolute atomic E-state index is 0.141. The standard InChI is InChI=1S/C14H16N4O2/c15-8-9-18-14(13(11-19)16-17-18)7-4-10-20-12-5-2-1-3-6-12/h1-3,5-6,19H,4,7,9-11H2. The van der Waals surface area contributed by atoms with Crippen LogP contribution in [0.5, 0.6) is 5.75 Å². The van der Waals surface area contributed by atoms with Crippen LogP contribution >= 0.6 is 0 Å². The lowest BCUT2D eigenvalue weighted by Crippen LogP contribution is -2.08. The summed E-state index contributed by atoms with van der Waals surface area (Å²) in [6.07, 6.45) is 1.43. The van der Waals surface area contributed by atoms with Crippen LogP contribution in [-0.2, 0) is 19.6 Å². The van der Waals surface area contributed by atoms with Gasteiger partial charge in [0, 0.05) is 0 Å². The normalized spacial score (nSPS) is 10.2. The fraction of sp³-hybridized carbons (Fsp3) is 0.357. The summed E-state index contributed by atoms with van der Waals surface area (Å²) in [6, 6.07) is 11.6. The van der Waals surface area contributed by atoms with Crippen LogP contribution in [-0.4, -0.2) is 26.7 Å². The molecular formula is C14H16N4O2. The highest BCUT2D eigenvalue weighted by atomic mass is 16.5. The highest BCUT2D eigenvalue weighted by Gasteiger charge is 2.11. The third kappa shape index (κ3) is 3.56. The minimum Gasteiger partial charge on any atom is -0.494 e. The topological polar surface area (TPSA) is 84.0 Å². The number of nitriles is 1. The highest BCUT2D eigenvalue weighted by Crippen LogP contribution is 2.11. The van der Waals surface area contributed by atoms with Gasteiger partial charge in [-0.1, -0.05) is 23.4 Å². The van der Waals surface area contributed by atoms with Crippen molar-refractivity contribution >= 4 is 0 Å². The van der Waals surface area contributed by atoms with Gasteiger partial charge in [0.2, 0.25) is 0 Å². The first-order valence-electron chi connectivity index (χ1n) is 6.42.